The van der Waals surface area contributed by atoms with Gasteiger partial charge in [0.15, 0.2) is 0 Å². The van der Waals surface area contributed by atoms with Gasteiger partial charge in [0.2, 0.25) is 5.88 Å². The van der Waals surface area contributed by atoms with Crippen LogP contribution < -0.4 is 9.64 Å². The maximum Gasteiger partial charge on any atom is 0.221 e. The molecular weight excluding hydrogens is 294 g/mol. The van der Waals surface area contributed by atoms with Crippen LogP contribution in [0.15, 0.2) is 6.33 Å². The average Bonchev–Trinajstić information content (AvgIpc) is 2.30. The van der Waals surface area contributed by atoms with Gasteiger partial charge < -0.3 is 9.64 Å². The minimum absolute atomic E-state index is 0.634. The van der Waals surface area contributed by atoms with Crippen molar-refractivity contribution in [3.63, 3.8) is 0 Å². The number of aromatic nitrogens is 2. The zero-order valence-corrected chi connectivity index (χ0v) is 12.8. The zero-order chi connectivity index (χ0) is 13.1. The molecular formula is C13H20BrN3O. The van der Waals surface area contributed by atoms with Crippen molar-refractivity contribution < 1.29 is 4.74 Å². The minimum atomic E-state index is 0.634. The maximum atomic E-state index is 5.50. The van der Waals surface area contributed by atoms with E-state index in [1.165, 1.54) is 12.8 Å². The number of halogens is 1. The molecule has 0 spiro atoms. The van der Waals surface area contributed by atoms with Crippen molar-refractivity contribution in [2.24, 2.45) is 5.92 Å². The highest BCUT2D eigenvalue weighted by atomic mass is 79.9. The average molecular weight is 314 g/mol. The van der Waals surface area contributed by atoms with Gasteiger partial charge in [-0.25, -0.2) is 9.97 Å². The highest BCUT2D eigenvalue weighted by Gasteiger charge is 2.28. The molecule has 1 fully saturated rings. The van der Waals surface area contributed by atoms with Gasteiger partial charge in [-0.3, -0.25) is 0 Å². The molecule has 1 aromatic heterocycles. The van der Waals surface area contributed by atoms with Crippen molar-refractivity contribution in [2.75, 3.05) is 25.1 Å². The molecule has 100 valence electrons. The second-order valence-corrected chi connectivity index (χ2v) is 6.17. The lowest BCUT2D eigenvalue weighted by Crippen LogP contribution is -2.35. The molecule has 2 rings (SSSR count). The predicted octanol–water partition coefficient (Wildman–Crippen LogP) is 2.79. The fourth-order valence-electron chi connectivity index (χ4n) is 2.37. The Kier molecular flexibility index (Phi) is 4.43. The van der Waals surface area contributed by atoms with E-state index < -0.39 is 0 Å². The van der Waals surface area contributed by atoms with Crippen molar-refractivity contribution in [3.8, 4) is 5.88 Å². The molecule has 5 heteroatoms. The predicted molar refractivity (Wildman–Crippen MR) is 76.6 cm³/mol. The van der Waals surface area contributed by atoms with Crippen LogP contribution in [-0.2, 0) is 0 Å². The van der Waals surface area contributed by atoms with Crippen molar-refractivity contribution in [1.29, 1.82) is 0 Å². The summed E-state index contributed by atoms with van der Waals surface area (Å²) in [6.45, 7) is 5.67. The van der Waals surface area contributed by atoms with Crippen LogP contribution in [0.2, 0.25) is 0 Å². The van der Waals surface area contributed by atoms with Gasteiger partial charge in [0.1, 0.15) is 12.1 Å². The van der Waals surface area contributed by atoms with Crippen LogP contribution in [0.1, 0.15) is 25.3 Å². The van der Waals surface area contributed by atoms with Crippen LogP contribution in [0.4, 0.5) is 5.82 Å². The van der Waals surface area contributed by atoms with Gasteiger partial charge in [0, 0.05) is 18.4 Å². The van der Waals surface area contributed by atoms with E-state index in [9.17, 15) is 0 Å². The normalized spacial score (nSPS) is 22.4. The Morgan fingerprint density at radius 3 is 2.78 bits per heavy atom. The molecule has 1 aliphatic rings. The fourth-order valence-corrected chi connectivity index (χ4v) is 3.43. The first-order valence-corrected chi connectivity index (χ1v) is 7.33. The summed E-state index contributed by atoms with van der Waals surface area (Å²) in [5.74, 6) is 2.44. The van der Waals surface area contributed by atoms with Gasteiger partial charge in [0.05, 0.1) is 12.2 Å². The molecule has 0 saturated heterocycles. The van der Waals surface area contributed by atoms with E-state index >= 15 is 0 Å². The van der Waals surface area contributed by atoms with E-state index in [2.05, 4.69) is 37.8 Å². The van der Waals surface area contributed by atoms with Crippen LogP contribution >= 0.6 is 15.9 Å². The Hall–Kier alpha value is -0.840. The first-order chi connectivity index (χ1) is 8.61. The molecule has 1 heterocycles. The lowest BCUT2D eigenvalue weighted by atomic mass is 9.85. The molecule has 0 aromatic carbocycles. The molecule has 1 aromatic rings. The Bertz CT molecular complexity index is 407. The molecule has 1 saturated carbocycles. The molecule has 0 aliphatic heterocycles. The van der Waals surface area contributed by atoms with Crippen LogP contribution in [0, 0.1) is 12.8 Å². The Morgan fingerprint density at radius 1 is 1.44 bits per heavy atom. The summed E-state index contributed by atoms with van der Waals surface area (Å²) in [6.07, 6.45) is 4.09. The van der Waals surface area contributed by atoms with Crippen molar-refractivity contribution >= 4 is 21.7 Å². The minimum Gasteiger partial charge on any atom is -0.478 e. The number of ether oxygens (including phenoxy) is 1. The first-order valence-electron chi connectivity index (χ1n) is 6.41. The second-order valence-electron chi connectivity index (χ2n) is 4.88. The molecule has 0 radical (unpaired) electrons. The van der Waals surface area contributed by atoms with Crippen LogP contribution in [0.5, 0.6) is 5.88 Å². The third kappa shape index (κ3) is 2.94. The van der Waals surface area contributed by atoms with Gasteiger partial charge in [-0.15, -0.1) is 0 Å². The Balaban J connectivity index is 2.04. The molecule has 0 unspecified atom stereocenters. The molecule has 0 N–H and O–H groups in total. The highest BCUT2D eigenvalue weighted by Crippen LogP contribution is 2.34. The lowest BCUT2D eigenvalue weighted by Gasteiger charge is -2.35. The summed E-state index contributed by atoms with van der Waals surface area (Å²) in [5, 5.41) is 0. The molecule has 0 bridgehead atoms. The second kappa shape index (κ2) is 5.87. The SMILES string of the molecule is CCOc1ncnc(N(C)CC2CC(Br)C2)c1C. The third-order valence-corrected chi connectivity index (χ3v) is 4.11. The molecule has 0 amide bonds. The summed E-state index contributed by atoms with van der Waals surface area (Å²) < 4.78 is 5.50. The standard InChI is InChI=1S/C13H20BrN3O/c1-4-18-13-9(2)12(15-8-16-13)17(3)7-10-5-11(14)6-10/h8,10-11H,4-7H2,1-3H3. The zero-order valence-electron chi connectivity index (χ0n) is 11.2. The third-order valence-electron chi connectivity index (χ3n) is 3.36. The van der Waals surface area contributed by atoms with Crippen molar-refractivity contribution in [2.45, 2.75) is 31.5 Å². The first kappa shape index (κ1) is 13.6. The van der Waals surface area contributed by atoms with Crippen molar-refractivity contribution in [3.05, 3.63) is 11.9 Å². The number of nitrogens with zero attached hydrogens (tertiary/aromatic N) is 3. The fraction of sp³-hybridized carbons (Fsp3) is 0.692. The van der Waals surface area contributed by atoms with Crippen LogP contribution in [-0.4, -0.2) is 35.0 Å². The summed E-state index contributed by atoms with van der Waals surface area (Å²) >= 11 is 3.63. The van der Waals surface area contributed by atoms with E-state index in [0.29, 0.717) is 17.3 Å². The number of rotatable bonds is 5. The lowest BCUT2D eigenvalue weighted by molar-refractivity contribution is 0.322. The van der Waals surface area contributed by atoms with Gasteiger partial charge >= 0.3 is 0 Å². The van der Waals surface area contributed by atoms with Crippen molar-refractivity contribution in [1.82, 2.24) is 9.97 Å². The largest absolute Gasteiger partial charge is 0.478 e. The smallest absolute Gasteiger partial charge is 0.221 e. The van der Waals surface area contributed by atoms with Gasteiger partial charge in [-0.05, 0) is 32.6 Å². The molecule has 1 aliphatic carbocycles. The molecule has 18 heavy (non-hydrogen) atoms. The van der Waals surface area contributed by atoms with E-state index in [4.69, 9.17) is 4.74 Å². The number of hydrogen-bond acceptors (Lipinski definition) is 4. The molecule has 0 atom stereocenters. The molecule has 4 nitrogen and oxygen atoms in total. The summed E-state index contributed by atoms with van der Waals surface area (Å²) in [7, 11) is 2.09. The Morgan fingerprint density at radius 2 is 2.17 bits per heavy atom. The number of alkyl halides is 1. The van der Waals surface area contributed by atoms with Gasteiger partial charge in [0.25, 0.3) is 0 Å². The Labute approximate surface area is 117 Å². The monoisotopic (exact) mass is 313 g/mol. The van der Waals surface area contributed by atoms with E-state index in [1.807, 2.05) is 13.8 Å². The quantitative estimate of drug-likeness (QED) is 0.783. The highest BCUT2D eigenvalue weighted by molar-refractivity contribution is 9.09. The van der Waals surface area contributed by atoms with E-state index in [0.717, 1.165) is 23.8 Å². The van der Waals surface area contributed by atoms with E-state index in [1.54, 1.807) is 6.33 Å². The number of hydrogen-bond donors (Lipinski definition) is 0. The topological polar surface area (TPSA) is 38.3 Å². The van der Waals surface area contributed by atoms with E-state index in [-0.39, 0.29) is 0 Å². The number of anilines is 1. The van der Waals surface area contributed by atoms with Gasteiger partial charge in [-0.1, -0.05) is 15.9 Å². The van der Waals surface area contributed by atoms with Crippen LogP contribution in [0.3, 0.4) is 0 Å². The summed E-state index contributed by atoms with van der Waals surface area (Å²) in [6, 6.07) is 0. The summed E-state index contributed by atoms with van der Waals surface area (Å²) in [5.41, 5.74) is 1.02. The van der Waals surface area contributed by atoms with Crippen LogP contribution in [0.25, 0.3) is 0 Å². The van der Waals surface area contributed by atoms with Gasteiger partial charge in [-0.2, -0.15) is 0 Å². The maximum absolute atomic E-state index is 5.50. The summed E-state index contributed by atoms with van der Waals surface area (Å²) in [4.78, 5) is 11.5.